The van der Waals surface area contributed by atoms with Gasteiger partial charge in [-0.3, -0.25) is 4.79 Å². The van der Waals surface area contributed by atoms with Gasteiger partial charge in [0.1, 0.15) is 5.75 Å². The molecule has 1 aliphatic carbocycles. The van der Waals surface area contributed by atoms with Crippen molar-refractivity contribution < 1.29 is 9.90 Å². The van der Waals surface area contributed by atoms with Crippen LogP contribution in [0.15, 0.2) is 29.2 Å². The lowest BCUT2D eigenvalue weighted by molar-refractivity contribution is -0.120. The third kappa shape index (κ3) is 3.17. The van der Waals surface area contributed by atoms with Gasteiger partial charge < -0.3 is 10.4 Å². The van der Waals surface area contributed by atoms with Crippen LogP contribution in [-0.2, 0) is 4.79 Å². The fourth-order valence-electron chi connectivity index (χ4n) is 1.33. The van der Waals surface area contributed by atoms with Crippen molar-refractivity contribution in [2.75, 3.05) is 0 Å². The summed E-state index contributed by atoms with van der Waals surface area (Å²) in [6.45, 7) is 1.90. The van der Waals surface area contributed by atoms with E-state index in [0.29, 0.717) is 6.04 Å². The van der Waals surface area contributed by atoms with E-state index in [1.807, 2.05) is 19.1 Å². The number of carbonyl (C=O) groups is 1. The van der Waals surface area contributed by atoms with Gasteiger partial charge in [0.05, 0.1) is 5.25 Å². The van der Waals surface area contributed by atoms with Gasteiger partial charge in [-0.2, -0.15) is 0 Å². The molecule has 0 radical (unpaired) electrons. The van der Waals surface area contributed by atoms with Crippen LogP contribution in [-0.4, -0.2) is 22.3 Å². The van der Waals surface area contributed by atoms with Gasteiger partial charge in [-0.1, -0.05) is 0 Å². The molecule has 0 aromatic heterocycles. The summed E-state index contributed by atoms with van der Waals surface area (Å²) in [5, 5.41) is 12.0. The minimum atomic E-state index is -0.0925. The summed E-state index contributed by atoms with van der Waals surface area (Å²) < 4.78 is 0. The standard InChI is InChI=1S/C12H15NO2S/c1-8(12(15)13-9-2-3-9)16-11-6-4-10(14)5-7-11/h4-9,14H,2-3H2,1H3,(H,13,15). The van der Waals surface area contributed by atoms with Crippen molar-refractivity contribution in [2.24, 2.45) is 0 Å². The SMILES string of the molecule is CC(Sc1ccc(O)cc1)C(=O)NC1CC1. The van der Waals surface area contributed by atoms with Crippen LogP contribution in [0.2, 0.25) is 0 Å². The molecule has 0 aliphatic heterocycles. The molecule has 1 aromatic rings. The van der Waals surface area contributed by atoms with Crippen molar-refractivity contribution in [3.05, 3.63) is 24.3 Å². The molecule has 1 aromatic carbocycles. The van der Waals surface area contributed by atoms with Crippen molar-refractivity contribution in [3.8, 4) is 5.75 Å². The number of phenolic OH excluding ortho intramolecular Hbond substituents is 1. The molecule has 86 valence electrons. The number of rotatable bonds is 4. The monoisotopic (exact) mass is 237 g/mol. The lowest BCUT2D eigenvalue weighted by Crippen LogP contribution is -2.32. The molecular weight excluding hydrogens is 222 g/mol. The van der Waals surface area contributed by atoms with E-state index in [9.17, 15) is 4.79 Å². The summed E-state index contributed by atoms with van der Waals surface area (Å²) in [4.78, 5) is 12.7. The molecule has 1 fully saturated rings. The highest BCUT2D eigenvalue weighted by Gasteiger charge is 2.25. The van der Waals surface area contributed by atoms with E-state index < -0.39 is 0 Å². The summed E-state index contributed by atoms with van der Waals surface area (Å²) in [5.74, 6) is 0.347. The van der Waals surface area contributed by atoms with Gasteiger partial charge in [-0.05, 0) is 44.0 Å². The van der Waals surface area contributed by atoms with Crippen molar-refractivity contribution in [2.45, 2.75) is 36.0 Å². The van der Waals surface area contributed by atoms with E-state index in [2.05, 4.69) is 5.32 Å². The summed E-state index contributed by atoms with van der Waals surface area (Å²) in [5.41, 5.74) is 0. The van der Waals surface area contributed by atoms with Crippen LogP contribution in [0.4, 0.5) is 0 Å². The zero-order chi connectivity index (χ0) is 11.5. The fourth-order valence-corrected chi connectivity index (χ4v) is 2.21. The van der Waals surface area contributed by atoms with Crippen LogP contribution in [0.3, 0.4) is 0 Å². The van der Waals surface area contributed by atoms with E-state index in [1.54, 1.807) is 12.1 Å². The second kappa shape index (κ2) is 4.78. The minimum absolute atomic E-state index is 0.0925. The second-order valence-electron chi connectivity index (χ2n) is 4.04. The maximum atomic E-state index is 11.7. The molecule has 2 N–H and O–H groups in total. The van der Waals surface area contributed by atoms with E-state index in [1.165, 1.54) is 11.8 Å². The number of hydrogen-bond acceptors (Lipinski definition) is 3. The number of phenols is 1. The molecular formula is C12H15NO2S. The minimum Gasteiger partial charge on any atom is -0.508 e. The summed E-state index contributed by atoms with van der Waals surface area (Å²) in [6.07, 6.45) is 2.23. The Morgan fingerprint density at radius 1 is 1.44 bits per heavy atom. The zero-order valence-corrected chi connectivity index (χ0v) is 9.96. The number of carbonyl (C=O) groups excluding carboxylic acids is 1. The van der Waals surface area contributed by atoms with Gasteiger partial charge in [-0.15, -0.1) is 11.8 Å². The highest BCUT2D eigenvalue weighted by Crippen LogP contribution is 2.26. The fraction of sp³-hybridized carbons (Fsp3) is 0.417. The molecule has 0 bridgehead atoms. The number of amides is 1. The molecule has 2 rings (SSSR count). The Morgan fingerprint density at radius 3 is 2.62 bits per heavy atom. The number of hydrogen-bond donors (Lipinski definition) is 2. The highest BCUT2D eigenvalue weighted by atomic mass is 32.2. The Labute approximate surface area is 99.2 Å². The number of benzene rings is 1. The Bertz CT molecular complexity index is 373. The smallest absolute Gasteiger partial charge is 0.233 e. The van der Waals surface area contributed by atoms with Crippen molar-refractivity contribution in [1.29, 1.82) is 0 Å². The average Bonchev–Trinajstić information content (AvgIpc) is 3.05. The lowest BCUT2D eigenvalue weighted by Gasteiger charge is -2.11. The van der Waals surface area contributed by atoms with Gasteiger partial charge in [0.2, 0.25) is 5.91 Å². The van der Waals surface area contributed by atoms with Gasteiger partial charge >= 0.3 is 0 Å². The quantitative estimate of drug-likeness (QED) is 0.789. The number of aromatic hydroxyl groups is 1. The normalized spacial score (nSPS) is 16.8. The van der Waals surface area contributed by atoms with E-state index in [-0.39, 0.29) is 16.9 Å². The largest absolute Gasteiger partial charge is 0.508 e. The van der Waals surface area contributed by atoms with E-state index in [4.69, 9.17) is 5.11 Å². The topological polar surface area (TPSA) is 49.3 Å². The molecule has 16 heavy (non-hydrogen) atoms. The van der Waals surface area contributed by atoms with Crippen molar-refractivity contribution in [3.63, 3.8) is 0 Å². The van der Waals surface area contributed by atoms with Gasteiger partial charge in [-0.25, -0.2) is 0 Å². The molecule has 1 atom stereocenters. The Morgan fingerprint density at radius 2 is 2.06 bits per heavy atom. The molecule has 4 heteroatoms. The first kappa shape index (κ1) is 11.3. The molecule has 3 nitrogen and oxygen atoms in total. The Kier molecular flexibility index (Phi) is 3.39. The van der Waals surface area contributed by atoms with Crippen LogP contribution in [0.25, 0.3) is 0 Å². The predicted octanol–water partition coefficient (Wildman–Crippen LogP) is 2.15. The predicted molar refractivity (Wildman–Crippen MR) is 64.6 cm³/mol. The highest BCUT2D eigenvalue weighted by molar-refractivity contribution is 8.00. The molecule has 0 spiro atoms. The molecule has 0 saturated heterocycles. The lowest BCUT2D eigenvalue weighted by atomic mass is 10.3. The van der Waals surface area contributed by atoms with E-state index in [0.717, 1.165) is 17.7 Å². The molecule has 0 heterocycles. The second-order valence-corrected chi connectivity index (χ2v) is 5.45. The van der Waals surface area contributed by atoms with Gasteiger partial charge in [0.15, 0.2) is 0 Å². The molecule has 1 unspecified atom stereocenters. The van der Waals surface area contributed by atoms with Gasteiger partial charge in [0.25, 0.3) is 0 Å². The van der Waals surface area contributed by atoms with Crippen molar-refractivity contribution in [1.82, 2.24) is 5.32 Å². The first-order chi connectivity index (χ1) is 7.65. The molecule has 1 saturated carbocycles. The summed E-state index contributed by atoms with van der Waals surface area (Å²) >= 11 is 1.51. The van der Waals surface area contributed by atoms with Crippen LogP contribution in [0.1, 0.15) is 19.8 Å². The maximum absolute atomic E-state index is 11.7. The zero-order valence-electron chi connectivity index (χ0n) is 9.14. The molecule has 1 amide bonds. The van der Waals surface area contributed by atoms with E-state index >= 15 is 0 Å². The summed E-state index contributed by atoms with van der Waals surface area (Å²) in [6, 6.07) is 7.32. The number of thioether (sulfide) groups is 1. The van der Waals surface area contributed by atoms with Crippen molar-refractivity contribution >= 4 is 17.7 Å². The number of nitrogens with one attached hydrogen (secondary N) is 1. The van der Waals surface area contributed by atoms with Crippen LogP contribution in [0, 0.1) is 0 Å². The molecule has 1 aliphatic rings. The first-order valence-electron chi connectivity index (χ1n) is 5.41. The van der Waals surface area contributed by atoms with Crippen LogP contribution in [0.5, 0.6) is 5.75 Å². The first-order valence-corrected chi connectivity index (χ1v) is 6.29. The third-order valence-corrected chi connectivity index (χ3v) is 3.55. The Hall–Kier alpha value is -1.16. The van der Waals surface area contributed by atoms with Gasteiger partial charge in [0, 0.05) is 10.9 Å². The average molecular weight is 237 g/mol. The van der Waals surface area contributed by atoms with Crippen LogP contribution < -0.4 is 5.32 Å². The maximum Gasteiger partial charge on any atom is 0.233 e. The third-order valence-electron chi connectivity index (χ3n) is 2.44. The summed E-state index contributed by atoms with van der Waals surface area (Å²) in [7, 11) is 0. The Balaban J connectivity index is 1.87. The van der Waals surface area contributed by atoms with Crippen LogP contribution >= 0.6 is 11.8 Å².